The third-order valence-corrected chi connectivity index (χ3v) is 5.61. The average molecular weight is 409 g/mol. The van der Waals surface area contributed by atoms with Crippen molar-refractivity contribution in [2.75, 3.05) is 47.1 Å². The van der Waals surface area contributed by atoms with Crippen LogP contribution in [0.3, 0.4) is 0 Å². The first-order valence-corrected chi connectivity index (χ1v) is 9.59. The van der Waals surface area contributed by atoms with Crippen molar-refractivity contribution in [3.63, 3.8) is 0 Å². The molecule has 7 nitrogen and oxygen atoms in total. The number of amides is 2. The molecule has 2 aliphatic heterocycles. The summed E-state index contributed by atoms with van der Waals surface area (Å²) in [7, 11) is 3.12. The topological polar surface area (TPSA) is 68.3 Å². The van der Waals surface area contributed by atoms with E-state index < -0.39 is 0 Å². The van der Waals surface area contributed by atoms with Crippen LogP contribution in [0.15, 0.2) is 23.1 Å². The molecule has 0 aliphatic carbocycles. The maximum absolute atomic E-state index is 12.7. The number of rotatable bonds is 5. The van der Waals surface area contributed by atoms with Gasteiger partial charge in [-0.3, -0.25) is 14.5 Å². The molecule has 0 atom stereocenters. The highest BCUT2D eigenvalue weighted by Gasteiger charge is 2.34. The molecule has 0 spiro atoms. The summed E-state index contributed by atoms with van der Waals surface area (Å²) >= 11 is 6.50. The highest BCUT2D eigenvalue weighted by molar-refractivity contribution is 8.26. The Morgan fingerprint density at radius 3 is 2.63 bits per heavy atom. The van der Waals surface area contributed by atoms with E-state index in [2.05, 4.69) is 0 Å². The fourth-order valence-electron chi connectivity index (χ4n) is 2.78. The molecular formula is C18H20N2O5S2. The molecule has 0 radical (unpaired) electrons. The quantitative estimate of drug-likeness (QED) is 0.543. The molecule has 2 aliphatic rings. The average Bonchev–Trinajstić information content (AvgIpc) is 2.95. The van der Waals surface area contributed by atoms with Crippen LogP contribution in [0, 0.1) is 0 Å². The van der Waals surface area contributed by atoms with Gasteiger partial charge in [-0.2, -0.15) is 0 Å². The Morgan fingerprint density at radius 1 is 1.26 bits per heavy atom. The van der Waals surface area contributed by atoms with Gasteiger partial charge in [-0.1, -0.05) is 30.0 Å². The zero-order chi connectivity index (χ0) is 19.4. The second kappa shape index (κ2) is 8.73. The van der Waals surface area contributed by atoms with E-state index in [1.807, 2.05) is 6.07 Å². The number of hydrogen-bond donors (Lipinski definition) is 0. The highest BCUT2D eigenvalue weighted by atomic mass is 32.2. The Bertz CT molecular complexity index is 790. The Morgan fingerprint density at radius 2 is 1.96 bits per heavy atom. The van der Waals surface area contributed by atoms with Gasteiger partial charge in [-0.15, -0.1) is 0 Å². The third-order valence-electron chi connectivity index (χ3n) is 4.24. The fraction of sp³-hybridized carbons (Fsp3) is 0.389. The lowest BCUT2D eigenvalue weighted by Crippen LogP contribution is -2.46. The van der Waals surface area contributed by atoms with Crippen LogP contribution < -0.4 is 9.47 Å². The zero-order valence-electron chi connectivity index (χ0n) is 15.1. The van der Waals surface area contributed by atoms with Crippen LogP contribution in [-0.4, -0.2) is 73.0 Å². The summed E-state index contributed by atoms with van der Waals surface area (Å²) in [6.45, 7) is 2.06. The van der Waals surface area contributed by atoms with E-state index >= 15 is 0 Å². The van der Waals surface area contributed by atoms with Crippen LogP contribution >= 0.6 is 24.0 Å². The molecular weight excluding hydrogens is 388 g/mol. The molecule has 2 heterocycles. The number of thioether (sulfide) groups is 1. The molecule has 9 heteroatoms. The molecule has 3 rings (SSSR count). The number of carbonyl (C=O) groups excluding carboxylic acids is 2. The largest absolute Gasteiger partial charge is 0.493 e. The highest BCUT2D eigenvalue weighted by Crippen LogP contribution is 2.34. The predicted molar refractivity (Wildman–Crippen MR) is 107 cm³/mol. The lowest BCUT2D eigenvalue weighted by Gasteiger charge is -2.28. The van der Waals surface area contributed by atoms with E-state index in [4.69, 9.17) is 26.4 Å². The Hall–Kier alpha value is -2.10. The van der Waals surface area contributed by atoms with Gasteiger partial charge in [0, 0.05) is 13.1 Å². The SMILES string of the molecule is COc1ccc(C=C2SC(=S)N(CC(=O)N3CCOCC3)C2=O)cc1OC. The number of morpholine rings is 1. The first kappa shape index (κ1) is 19.7. The van der Waals surface area contributed by atoms with Crippen LogP contribution in [0.4, 0.5) is 0 Å². The minimum Gasteiger partial charge on any atom is -0.493 e. The minimum absolute atomic E-state index is 0.0477. The van der Waals surface area contributed by atoms with Gasteiger partial charge in [-0.25, -0.2) is 0 Å². The van der Waals surface area contributed by atoms with Crippen molar-refractivity contribution >= 4 is 46.2 Å². The van der Waals surface area contributed by atoms with Crippen LogP contribution in [0.5, 0.6) is 11.5 Å². The van der Waals surface area contributed by atoms with E-state index in [0.717, 1.165) is 5.56 Å². The molecule has 2 fully saturated rings. The summed E-state index contributed by atoms with van der Waals surface area (Å²) in [6.07, 6.45) is 1.74. The lowest BCUT2D eigenvalue weighted by atomic mass is 10.2. The molecule has 2 amide bonds. The predicted octanol–water partition coefficient (Wildman–Crippen LogP) is 1.76. The van der Waals surface area contributed by atoms with Gasteiger partial charge in [0.05, 0.1) is 32.3 Å². The number of methoxy groups -OCH3 is 2. The molecule has 0 bridgehead atoms. The molecule has 0 aromatic heterocycles. The summed E-state index contributed by atoms with van der Waals surface area (Å²) in [5.74, 6) is 0.797. The first-order chi connectivity index (χ1) is 13.0. The maximum Gasteiger partial charge on any atom is 0.266 e. The van der Waals surface area contributed by atoms with Crippen LogP contribution in [-0.2, 0) is 14.3 Å². The summed E-state index contributed by atoms with van der Waals surface area (Å²) in [5.41, 5.74) is 0.785. The van der Waals surface area contributed by atoms with Crippen LogP contribution in [0.2, 0.25) is 0 Å². The van der Waals surface area contributed by atoms with Gasteiger partial charge in [0.25, 0.3) is 5.91 Å². The van der Waals surface area contributed by atoms with Gasteiger partial charge in [0.15, 0.2) is 11.5 Å². The third kappa shape index (κ3) is 4.42. The Labute approximate surface area is 167 Å². The summed E-state index contributed by atoms with van der Waals surface area (Å²) in [6, 6.07) is 5.38. The standard InChI is InChI=1S/C18H20N2O5S2/c1-23-13-4-3-12(9-14(13)24-2)10-15-17(22)20(18(26)27-15)11-16(21)19-5-7-25-8-6-19/h3-4,9-10H,5-8,11H2,1-2H3. The van der Waals surface area contributed by atoms with Crippen molar-refractivity contribution in [3.8, 4) is 11.5 Å². The van der Waals surface area contributed by atoms with Crippen LogP contribution in [0.1, 0.15) is 5.56 Å². The lowest BCUT2D eigenvalue weighted by molar-refractivity contribution is -0.138. The first-order valence-electron chi connectivity index (χ1n) is 8.36. The van der Waals surface area contributed by atoms with E-state index in [9.17, 15) is 9.59 Å². The maximum atomic E-state index is 12.7. The van der Waals surface area contributed by atoms with Gasteiger partial charge in [-0.05, 0) is 23.8 Å². The smallest absolute Gasteiger partial charge is 0.266 e. The number of ether oxygens (including phenoxy) is 3. The molecule has 2 saturated heterocycles. The summed E-state index contributed by atoms with van der Waals surface area (Å²) in [5, 5.41) is 0. The zero-order valence-corrected chi connectivity index (χ0v) is 16.7. The number of carbonyl (C=O) groups is 2. The number of thiocarbonyl (C=S) groups is 1. The molecule has 27 heavy (non-hydrogen) atoms. The van der Waals surface area contributed by atoms with Crippen molar-refractivity contribution in [3.05, 3.63) is 28.7 Å². The summed E-state index contributed by atoms with van der Waals surface area (Å²) in [4.78, 5) is 28.7. The minimum atomic E-state index is -0.263. The molecule has 0 unspecified atom stereocenters. The van der Waals surface area contributed by atoms with Crippen molar-refractivity contribution < 1.29 is 23.8 Å². The summed E-state index contributed by atoms with van der Waals surface area (Å²) < 4.78 is 16.1. The second-order valence-electron chi connectivity index (χ2n) is 5.88. The van der Waals surface area contributed by atoms with Gasteiger partial charge >= 0.3 is 0 Å². The van der Waals surface area contributed by atoms with Crippen molar-refractivity contribution in [1.29, 1.82) is 0 Å². The van der Waals surface area contributed by atoms with E-state index in [1.54, 1.807) is 37.3 Å². The molecule has 1 aromatic rings. The molecule has 144 valence electrons. The fourth-order valence-corrected chi connectivity index (χ4v) is 4.03. The Balaban J connectivity index is 1.73. The number of nitrogens with zero attached hydrogens (tertiary/aromatic N) is 2. The van der Waals surface area contributed by atoms with Crippen molar-refractivity contribution in [1.82, 2.24) is 9.80 Å². The normalized spacial score (nSPS) is 19.0. The van der Waals surface area contributed by atoms with Crippen LogP contribution in [0.25, 0.3) is 6.08 Å². The van der Waals surface area contributed by atoms with Crippen molar-refractivity contribution in [2.24, 2.45) is 0 Å². The van der Waals surface area contributed by atoms with Gasteiger partial charge in [0.1, 0.15) is 10.9 Å². The van der Waals surface area contributed by atoms with Gasteiger partial charge < -0.3 is 19.1 Å². The monoisotopic (exact) mass is 408 g/mol. The van der Waals surface area contributed by atoms with Gasteiger partial charge in [0.2, 0.25) is 5.91 Å². The second-order valence-corrected chi connectivity index (χ2v) is 7.55. The Kier molecular flexibility index (Phi) is 6.35. The van der Waals surface area contributed by atoms with E-state index in [-0.39, 0.29) is 18.4 Å². The molecule has 0 saturated carbocycles. The van der Waals surface area contributed by atoms with E-state index in [0.29, 0.717) is 47.0 Å². The van der Waals surface area contributed by atoms with E-state index in [1.165, 1.54) is 16.7 Å². The number of benzene rings is 1. The molecule has 1 aromatic carbocycles. The molecule has 0 N–H and O–H groups in total. The van der Waals surface area contributed by atoms with Crippen molar-refractivity contribution in [2.45, 2.75) is 0 Å². The number of hydrogen-bond acceptors (Lipinski definition) is 7.